The van der Waals surface area contributed by atoms with E-state index in [9.17, 15) is 0 Å². The van der Waals surface area contributed by atoms with Gasteiger partial charge in [-0.05, 0) is 53.6 Å². The summed E-state index contributed by atoms with van der Waals surface area (Å²) in [4.78, 5) is 0. The van der Waals surface area contributed by atoms with E-state index in [2.05, 4.69) is 40.2 Å². The average Bonchev–Trinajstić information content (AvgIpc) is 2.55. The van der Waals surface area contributed by atoms with Crippen LogP contribution in [0.15, 0.2) is 34.8 Å². The summed E-state index contributed by atoms with van der Waals surface area (Å²) in [5.74, 6) is 0. The van der Waals surface area contributed by atoms with Crippen molar-refractivity contribution in [3.8, 4) is 0 Å². The second kappa shape index (κ2) is 4.88. The van der Waals surface area contributed by atoms with E-state index in [0.717, 1.165) is 24.3 Å². The monoisotopic (exact) mass is 340 g/mol. The number of halogens is 3. The molecule has 0 nitrogen and oxygen atoms in total. The van der Waals surface area contributed by atoms with Crippen LogP contribution in [-0.4, -0.2) is 0 Å². The maximum atomic E-state index is 6.32. The molecule has 0 atom stereocenters. The number of rotatable bonds is 0. The fourth-order valence-electron chi connectivity index (χ4n) is 2.55. The molecule has 0 saturated heterocycles. The first-order valence-electron chi connectivity index (χ1n) is 5.89. The van der Waals surface area contributed by atoms with Crippen LogP contribution in [0.25, 0.3) is 0 Å². The molecule has 3 rings (SSSR count). The third kappa shape index (κ3) is 2.09. The Morgan fingerprint density at radius 1 is 0.889 bits per heavy atom. The zero-order valence-corrected chi connectivity index (χ0v) is 12.7. The quantitative estimate of drug-likeness (QED) is 0.598. The number of aryl methyl sites for hydroxylation is 1. The molecule has 0 heterocycles. The van der Waals surface area contributed by atoms with Crippen molar-refractivity contribution in [1.82, 2.24) is 0 Å². The second-order valence-electron chi connectivity index (χ2n) is 4.55. The smallest absolute Gasteiger partial charge is 0.0627 e. The van der Waals surface area contributed by atoms with Crippen LogP contribution in [0.1, 0.15) is 22.3 Å². The van der Waals surface area contributed by atoms with Gasteiger partial charge in [0.1, 0.15) is 0 Å². The molecule has 0 amide bonds. The summed E-state index contributed by atoms with van der Waals surface area (Å²) < 4.78 is 1.18. The third-order valence-corrected chi connectivity index (χ3v) is 5.11. The Morgan fingerprint density at radius 3 is 2.56 bits per heavy atom. The summed E-state index contributed by atoms with van der Waals surface area (Å²) in [6.45, 7) is 0. The van der Waals surface area contributed by atoms with Gasteiger partial charge in [0.15, 0.2) is 0 Å². The standard InChI is InChI=1S/C15H11BrCl2/c16-13-3-1-2-9-4-6-11-10(8-12(9)13)5-7-14(17)15(11)18/h1-3,5,7H,4,6,8H2. The van der Waals surface area contributed by atoms with E-state index in [4.69, 9.17) is 23.2 Å². The first kappa shape index (κ1) is 12.5. The minimum absolute atomic E-state index is 0.653. The van der Waals surface area contributed by atoms with E-state index < -0.39 is 0 Å². The first-order valence-corrected chi connectivity index (χ1v) is 7.43. The van der Waals surface area contributed by atoms with Crippen molar-refractivity contribution >= 4 is 39.1 Å². The van der Waals surface area contributed by atoms with E-state index >= 15 is 0 Å². The molecule has 0 unspecified atom stereocenters. The number of hydrogen-bond acceptors (Lipinski definition) is 0. The predicted octanol–water partition coefficient (Wildman–Crippen LogP) is 5.45. The number of hydrogen-bond donors (Lipinski definition) is 0. The Bertz CT molecular complexity index is 620. The fraction of sp³-hybridized carbons (Fsp3) is 0.200. The summed E-state index contributed by atoms with van der Waals surface area (Å²) in [6.07, 6.45) is 2.89. The lowest BCUT2D eigenvalue weighted by Gasteiger charge is -2.10. The molecule has 0 saturated carbocycles. The number of fused-ring (bicyclic) bond motifs is 2. The van der Waals surface area contributed by atoms with E-state index in [0.29, 0.717) is 5.02 Å². The molecule has 0 N–H and O–H groups in total. The third-order valence-electron chi connectivity index (χ3n) is 3.52. The van der Waals surface area contributed by atoms with Crippen molar-refractivity contribution in [3.05, 3.63) is 67.1 Å². The van der Waals surface area contributed by atoms with Crippen LogP contribution in [0, 0.1) is 0 Å². The van der Waals surface area contributed by atoms with Gasteiger partial charge in [0.2, 0.25) is 0 Å². The van der Waals surface area contributed by atoms with Crippen LogP contribution in [0.3, 0.4) is 0 Å². The van der Waals surface area contributed by atoms with Crippen molar-refractivity contribution in [3.63, 3.8) is 0 Å². The van der Waals surface area contributed by atoms with Gasteiger partial charge in [-0.2, -0.15) is 0 Å². The van der Waals surface area contributed by atoms with Crippen molar-refractivity contribution in [2.75, 3.05) is 0 Å². The van der Waals surface area contributed by atoms with Gasteiger partial charge in [-0.15, -0.1) is 0 Å². The van der Waals surface area contributed by atoms with Crippen LogP contribution < -0.4 is 0 Å². The molecule has 18 heavy (non-hydrogen) atoms. The van der Waals surface area contributed by atoms with Crippen LogP contribution in [-0.2, 0) is 19.3 Å². The molecule has 0 aromatic heterocycles. The summed E-state index contributed by atoms with van der Waals surface area (Å²) in [5.41, 5.74) is 5.25. The van der Waals surface area contributed by atoms with Gasteiger partial charge in [-0.25, -0.2) is 0 Å². The predicted molar refractivity (Wildman–Crippen MR) is 80.8 cm³/mol. The van der Waals surface area contributed by atoms with Gasteiger partial charge < -0.3 is 0 Å². The molecule has 0 radical (unpaired) electrons. The van der Waals surface area contributed by atoms with Crippen LogP contribution in [0.4, 0.5) is 0 Å². The molecular weight excluding hydrogens is 331 g/mol. The van der Waals surface area contributed by atoms with E-state index in [-0.39, 0.29) is 0 Å². The van der Waals surface area contributed by atoms with E-state index in [1.54, 1.807) is 0 Å². The van der Waals surface area contributed by atoms with E-state index in [1.165, 1.54) is 26.7 Å². The molecule has 0 aliphatic heterocycles. The highest BCUT2D eigenvalue weighted by Gasteiger charge is 2.18. The Kier molecular flexibility index (Phi) is 3.40. The van der Waals surface area contributed by atoms with Gasteiger partial charge in [0, 0.05) is 4.47 Å². The van der Waals surface area contributed by atoms with Gasteiger partial charge in [0.25, 0.3) is 0 Å². The summed E-state index contributed by atoms with van der Waals surface area (Å²) in [6, 6.07) is 10.4. The van der Waals surface area contributed by atoms with Crippen LogP contribution in [0.2, 0.25) is 10.0 Å². The average molecular weight is 342 g/mol. The van der Waals surface area contributed by atoms with Crippen molar-refractivity contribution in [1.29, 1.82) is 0 Å². The normalized spacial score (nSPS) is 13.7. The Morgan fingerprint density at radius 2 is 1.72 bits per heavy atom. The molecule has 3 heteroatoms. The minimum atomic E-state index is 0.653. The second-order valence-corrected chi connectivity index (χ2v) is 6.19. The molecule has 1 aliphatic carbocycles. The van der Waals surface area contributed by atoms with Crippen LogP contribution >= 0.6 is 39.1 Å². The lowest BCUT2D eigenvalue weighted by molar-refractivity contribution is 0.964. The molecule has 92 valence electrons. The SMILES string of the molecule is Clc1ccc2c(c1Cl)CCc1cccc(Br)c1C2. The van der Waals surface area contributed by atoms with Crippen LogP contribution in [0.5, 0.6) is 0 Å². The van der Waals surface area contributed by atoms with Gasteiger partial charge in [0.05, 0.1) is 10.0 Å². The highest BCUT2D eigenvalue weighted by atomic mass is 79.9. The maximum Gasteiger partial charge on any atom is 0.0627 e. The Balaban J connectivity index is 2.16. The summed E-state index contributed by atoms with van der Waals surface area (Å²) in [5, 5.41) is 1.37. The molecule has 2 aromatic carbocycles. The first-order chi connectivity index (χ1) is 8.66. The maximum absolute atomic E-state index is 6.32. The molecular formula is C15H11BrCl2. The lowest BCUT2D eigenvalue weighted by Crippen LogP contribution is -1.94. The molecule has 0 spiro atoms. The highest BCUT2D eigenvalue weighted by molar-refractivity contribution is 9.10. The molecule has 2 aromatic rings. The van der Waals surface area contributed by atoms with Crippen molar-refractivity contribution in [2.24, 2.45) is 0 Å². The Labute approximate surface area is 125 Å². The topological polar surface area (TPSA) is 0 Å². The molecule has 1 aliphatic rings. The zero-order valence-electron chi connectivity index (χ0n) is 9.64. The van der Waals surface area contributed by atoms with E-state index in [1.807, 2.05) is 6.07 Å². The molecule has 0 bridgehead atoms. The lowest BCUT2D eigenvalue weighted by atomic mass is 10.0. The van der Waals surface area contributed by atoms with Gasteiger partial charge >= 0.3 is 0 Å². The fourth-order valence-corrected chi connectivity index (χ4v) is 3.56. The molecule has 0 fully saturated rings. The highest BCUT2D eigenvalue weighted by Crippen LogP contribution is 2.35. The minimum Gasteiger partial charge on any atom is -0.0827 e. The summed E-state index contributed by atoms with van der Waals surface area (Å²) >= 11 is 16.1. The number of benzene rings is 2. The zero-order chi connectivity index (χ0) is 12.7. The Hall–Kier alpha value is -0.500. The van der Waals surface area contributed by atoms with Crippen molar-refractivity contribution in [2.45, 2.75) is 19.3 Å². The summed E-state index contributed by atoms with van der Waals surface area (Å²) in [7, 11) is 0. The van der Waals surface area contributed by atoms with Gasteiger partial charge in [-0.3, -0.25) is 0 Å². The largest absolute Gasteiger partial charge is 0.0827 e. The van der Waals surface area contributed by atoms with Crippen molar-refractivity contribution < 1.29 is 0 Å². The van der Waals surface area contributed by atoms with Gasteiger partial charge in [-0.1, -0.05) is 57.3 Å².